The van der Waals surface area contributed by atoms with Gasteiger partial charge in [-0.15, -0.1) is 0 Å². The van der Waals surface area contributed by atoms with Crippen molar-refractivity contribution in [3.8, 4) is 0 Å². The van der Waals surface area contributed by atoms with Gasteiger partial charge in [0.15, 0.2) is 0 Å². The zero-order valence-electron chi connectivity index (χ0n) is 9.27. The minimum atomic E-state index is -0.235. The van der Waals surface area contributed by atoms with E-state index in [9.17, 15) is 4.39 Å². The Balaban J connectivity index is 2.11. The number of nitrogens with zero attached hydrogens (tertiary/aromatic N) is 3. The molecule has 0 N–H and O–H groups in total. The van der Waals surface area contributed by atoms with Crippen molar-refractivity contribution in [3.63, 3.8) is 0 Å². The number of aromatic nitrogens is 2. The van der Waals surface area contributed by atoms with Crippen molar-refractivity contribution in [1.82, 2.24) is 9.97 Å². The topological polar surface area (TPSA) is 29.0 Å². The monoisotopic (exact) mass is 251 g/mol. The molecule has 0 aliphatic rings. The van der Waals surface area contributed by atoms with Gasteiger partial charge < -0.3 is 4.90 Å². The summed E-state index contributed by atoms with van der Waals surface area (Å²) in [7, 11) is 1.89. The Morgan fingerprint density at radius 3 is 2.59 bits per heavy atom. The molecule has 5 heteroatoms. The molecule has 3 nitrogen and oxygen atoms in total. The fraction of sp³-hybridized carbons (Fsp3) is 0.167. The molecule has 1 aromatic heterocycles. The predicted octanol–water partition coefficient (Wildman–Crippen LogP) is 2.91. The zero-order chi connectivity index (χ0) is 12.3. The van der Waals surface area contributed by atoms with E-state index in [-0.39, 0.29) is 11.1 Å². The maximum atomic E-state index is 12.7. The van der Waals surface area contributed by atoms with Gasteiger partial charge in [0.05, 0.1) is 0 Å². The lowest BCUT2D eigenvalue weighted by atomic mass is 10.2. The first-order valence-electron chi connectivity index (χ1n) is 5.09. The van der Waals surface area contributed by atoms with Crippen molar-refractivity contribution in [1.29, 1.82) is 0 Å². The molecule has 0 amide bonds. The van der Waals surface area contributed by atoms with Crippen LogP contribution in [-0.4, -0.2) is 17.0 Å². The maximum Gasteiger partial charge on any atom is 0.224 e. The summed E-state index contributed by atoms with van der Waals surface area (Å²) in [5.41, 5.74) is 1.00. The highest BCUT2D eigenvalue weighted by Gasteiger charge is 2.04. The number of halogens is 2. The molecule has 0 bridgehead atoms. The first-order valence-corrected chi connectivity index (χ1v) is 5.47. The van der Waals surface area contributed by atoms with Gasteiger partial charge in [0.1, 0.15) is 11.6 Å². The first kappa shape index (κ1) is 11.8. The van der Waals surface area contributed by atoms with Gasteiger partial charge in [0.25, 0.3) is 0 Å². The van der Waals surface area contributed by atoms with Crippen LogP contribution in [0.1, 0.15) is 5.56 Å². The molecule has 88 valence electrons. The average molecular weight is 252 g/mol. The maximum absolute atomic E-state index is 12.7. The van der Waals surface area contributed by atoms with E-state index in [0.717, 1.165) is 11.4 Å². The van der Waals surface area contributed by atoms with Crippen molar-refractivity contribution >= 4 is 17.4 Å². The summed E-state index contributed by atoms with van der Waals surface area (Å²) < 4.78 is 12.7. The molecule has 17 heavy (non-hydrogen) atoms. The minimum Gasteiger partial charge on any atom is -0.355 e. The van der Waals surface area contributed by atoms with Crippen LogP contribution < -0.4 is 4.90 Å². The Kier molecular flexibility index (Phi) is 3.54. The van der Waals surface area contributed by atoms with E-state index in [2.05, 4.69) is 9.97 Å². The van der Waals surface area contributed by atoms with Gasteiger partial charge in [-0.25, -0.2) is 14.4 Å². The predicted molar refractivity (Wildman–Crippen MR) is 65.5 cm³/mol. The molecule has 1 heterocycles. The highest BCUT2D eigenvalue weighted by Crippen LogP contribution is 2.14. The van der Waals surface area contributed by atoms with Crippen LogP contribution in [-0.2, 0) is 6.54 Å². The Hall–Kier alpha value is -1.68. The summed E-state index contributed by atoms with van der Waals surface area (Å²) in [5, 5.41) is 0.216. The largest absolute Gasteiger partial charge is 0.355 e. The summed E-state index contributed by atoms with van der Waals surface area (Å²) in [4.78, 5) is 9.83. The molecule has 0 fully saturated rings. The van der Waals surface area contributed by atoms with Crippen LogP contribution in [0.3, 0.4) is 0 Å². The van der Waals surface area contributed by atoms with Gasteiger partial charge in [0.2, 0.25) is 5.28 Å². The first-order chi connectivity index (χ1) is 8.15. The molecular weight excluding hydrogens is 241 g/mol. The van der Waals surface area contributed by atoms with Crippen molar-refractivity contribution in [2.45, 2.75) is 6.54 Å². The van der Waals surface area contributed by atoms with Gasteiger partial charge in [-0.2, -0.15) is 0 Å². The lowest BCUT2D eigenvalue weighted by Crippen LogP contribution is -2.17. The van der Waals surface area contributed by atoms with E-state index in [1.165, 1.54) is 12.1 Å². The molecule has 0 aliphatic heterocycles. The smallest absolute Gasteiger partial charge is 0.224 e. The summed E-state index contributed by atoms with van der Waals surface area (Å²) in [6, 6.07) is 8.14. The van der Waals surface area contributed by atoms with Crippen LogP contribution in [0, 0.1) is 5.82 Å². The van der Waals surface area contributed by atoms with E-state index >= 15 is 0 Å². The Labute approximate surface area is 104 Å². The van der Waals surface area contributed by atoms with E-state index in [1.807, 2.05) is 11.9 Å². The van der Waals surface area contributed by atoms with Gasteiger partial charge in [-0.3, -0.25) is 0 Å². The molecule has 2 rings (SSSR count). The van der Waals surface area contributed by atoms with E-state index in [0.29, 0.717) is 6.54 Å². The zero-order valence-corrected chi connectivity index (χ0v) is 10.0. The van der Waals surface area contributed by atoms with Crippen molar-refractivity contribution < 1.29 is 4.39 Å². The van der Waals surface area contributed by atoms with Gasteiger partial charge in [-0.05, 0) is 35.4 Å². The number of rotatable bonds is 3. The molecule has 0 spiro atoms. The standard InChI is InChI=1S/C12H11ClFN3/c1-17(11-6-7-15-12(13)16-11)8-9-2-4-10(14)5-3-9/h2-7H,8H2,1H3. The molecule has 0 unspecified atom stereocenters. The molecule has 0 saturated heterocycles. The molecule has 0 radical (unpaired) electrons. The fourth-order valence-electron chi connectivity index (χ4n) is 1.48. The lowest BCUT2D eigenvalue weighted by Gasteiger charge is -2.17. The normalized spacial score (nSPS) is 10.3. The molecular formula is C12H11ClFN3. The quantitative estimate of drug-likeness (QED) is 0.786. The van der Waals surface area contributed by atoms with Gasteiger partial charge in [0, 0.05) is 19.8 Å². The van der Waals surface area contributed by atoms with Gasteiger partial charge in [-0.1, -0.05) is 12.1 Å². The van der Waals surface area contributed by atoms with Gasteiger partial charge >= 0.3 is 0 Å². The molecule has 0 atom stereocenters. The number of hydrogen-bond acceptors (Lipinski definition) is 3. The van der Waals surface area contributed by atoms with E-state index in [4.69, 9.17) is 11.6 Å². The lowest BCUT2D eigenvalue weighted by molar-refractivity contribution is 0.627. The summed E-state index contributed by atoms with van der Waals surface area (Å²) in [6.07, 6.45) is 1.60. The number of anilines is 1. The molecule has 2 aromatic rings. The highest BCUT2D eigenvalue weighted by atomic mass is 35.5. The Bertz CT molecular complexity index is 501. The van der Waals surface area contributed by atoms with E-state index < -0.39 is 0 Å². The average Bonchev–Trinajstić information content (AvgIpc) is 2.32. The molecule has 1 aromatic carbocycles. The highest BCUT2D eigenvalue weighted by molar-refractivity contribution is 6.28. The Morgan fingerprint density at radius 1 is 1.24 bits per heavy atom. The minimum absolute atomic E-state index is 0.216. The third kappa shape index (κ3) is 3.14. The molecule has 0 aliphatic carbocycles. The van der Waals surface area contributed by atoms with E-state index in [1.54, 1.807) is 24.4 Å². The summed E-state index contributed by atoms with van der Waals surface area (Å²) in [5.74, 6) is 0.496. The van der Waals surface area contributed by atoms with Crippen molar-refractivity contribution in [2.24, 2.45) is 0 Å². The SMILES string of the molecule is CN(Cc1ccc(F)cc1)c1ccnc(Cl)n1. The molecule has 0 saturated carbocycles. The van der Waals surface area contributed by atoms with Crippen LogP contribution in [0.15, 0.2) is 36.5 Å². The second kappa shape index (κ2) is 5.10. The van der Waals surface area contributed by atoms with Crippen LogP contribution in [0.5, 0.6) is 0 Å². The second-order valence-electron chi connectivity index (χ2n) is 3.67. The summed E-state index contributed by atoms with van der Waals surface area (Å²) in [6.45, 7) is 0.633. The summed E-state index contributed by atoms with van der Waals surface area (Å²) >= 11 is 5.71. The Morgan fingerprint density at radius 2 is 1.94 bits per heavy atom. The second-order valence-corrected chi connectivity index (χ2v) is 4.00. The van der Waals surface area contributed by atoms with Crippen LogP contribution in [0.2, 0.25) is 5.28 Å². The van der Waals surface area contributed by atoms with Crippen molar-refractivity contribution in [3.05, 3.63) is 53.2 Å². The fourth-order valence-corrected chi connectivity index (χ4v) is 1.63. The number of hydrogen-bond donors (Lipinski definition) is 0. The van der Waals surface area contributed by atoms with Crippen LogP contribution in [0.4, 0.5) is 10.2 Å². The third-order valence-electron chi connectivity index (χ3n) is 2.34. The van der Waals surface area contributed by atoms with Crippen molar-refractivity contribution in [2.75, 3.05) is 11.9 Å². The van der Waals surface area contributed by atoms with Crippen LogP contribution in [0.25, 0.3) is 0 Å². The van der Waals surface area contributed by atoms with Crippen LogP contribution >= 0.6 is 11.6 Å². The number of benzene rings is 1. The third-order valence-corrected chi connectivity index (χ3v) is 2.52.